The van der Waals surface area contributed by atoms with Crippen LogP contribution in [0, 0.1) is 0 Å². The number of benzene rings is 2. The predicted molar refractivity (Wildman–Crippen MR) is 137 cm³/mol. The van der Waals surface area contributed by atoms with E-state index < -0.39 is 0 Å². The summed E-state index contributed by atoms with van der Waals surface area (Å²) in [5.74, 6) is 0.567. The third-order valence-corrected chi connectivity index (χ3v) is 6.19. The van der Waals surface area contributed by atoms with Gasteiger partial charge >= 0.3 is 0 Å². The summed E-state index contributed by atoms with van der Waals surface area (Å²) in [6.45, 7) is 0.713. The lowest BCUT2D eigenvalue weighted by Gasteiger charge is -2.06. The fourth-order valence-corrected chi connectivity index (χ4v) is 4.26. The highest BCUT2D eigenvalue weighted by Gasteiger charge is 2.11. The van der Waals surface area contributed by atoms with Crippen LogP contribution in [0.5, 0.6) is 5.75 Å². The van der Waals surface area contributed by atoms with E-state index in [1.807, 2.05) is 54.9 Å². The van der Waals surface area contributed by atoms with Gasteiger partial charge in [0.1, 0.15) is 11.4 Å². The van der Waals surface area contributed by atoms with Crippen LogP contribution in [-0.4, -0.2) is 33.8 Å². The summed E-state index contributed by atoms with van der Waals surface area (Å²) in [5, 5.41) is 6.16. The van der Waals surface area contributed by atoms with Crippen LogP contribution in [0.2, 0.25) is 0 Å². The average molecular weight is 516 g/mol. The average Bonchev–Trinajstić information content (AvgIpc) is 3.41. The van der Waals surface area contributed by atoms with Crippen molar-refractivity contribution in [2.45, 2.75) is 13.0 Å². The minimum atomic E-state index is -0.197. The molecule has 7 nitrogen and oxygen atoms in total. The first-order valence-corrected chi connectivity index (χ1v) is 11.5. The monoisotopic (exact) mass is 515 g/mol. The number of hydrogen-bond donors (Lipinski definition) is 2. The highest BCUT2D eigenvalue weighted by atomic mass is 79.9. The smallest absolute Gasteiger partial charge is 0.244 e. The number of ether oxygens (including phenoxy) is 1. The molecule has 5 aromatic rings. The molecule has 0 unspecified atom stereocenters. The van der Waals surface area contributed by atoms with E-state index in [1.165, 1.54) is 5.56 Å². The lowest BCUT2D eigenvalue weighted by molar-refractivity contribution is -0.120. The molecule has 0 radical (unpaired) electrons. The third-order valence-electron chi connectivity index (χ3n) is 5.67. The van der Waals surface area contributed by atoms with Crippen molar-refractivity contribution in [1.82, 2.24) is 20.0 Å². The molecule has 3 aromatic heterocycles. The molecule has 0 aliphatic rings. The zero-order valence-corrected chi connectivity index (χ0v) is 20.0. The second-order valence-corrected chi connectivity index (χ2v) is 8.82. The summed E-state index contributed by atoms with van der Waals surface area (Å²) in [5.41, 5.74) is 7.42. The van der Waals surface area contributed by atoms with E-state index in [9.17, 15) is 4.79 Å². The maximum Gasteiger partial charge on any atom is 0.244 e. The number of carbonyl (C=O) groups is 1. The predicted octanol–water partition coefficient (Wildman–Crippen LogP) is 5.03. The molecule has 8 heteroatoms. The Kier molecular flexibility index (Phi) is 6.14. The van der Waals surface area contributed by atoms with Crippen LogP contribution in [0.15, 0.2) is 82.8 Å². The third kappa shape index (κ3) is 4.58. The topological polar surface area (TPSA) is 84.3 Å². The van der Waals surface area contributed by atoms with E-state index in [4.69, 9.17) is 4.74 Å². The molecule has 1 amide bonds. The van der Waals surface area contributed by atoms with Gasteiger partial charge in [-0.15, -0.1) is 0 Å². The van der Waals surface area contributed by atoms with Crippen molar-refractivity contribution in [1.29, 1.82) is 0 Å². The number of carbonyl (C=O) groups excluding carboxylic acids is 1. The molecule has 34 heavy (non-hydrogen) atoms. The Balaban J connectivity index is 1.36. The minimum absolute atomic E-state index is 0.197. The molecule has 0 aliphatic carbocycles. The van der Waals surface area contributed by atoms with Crippen molar-refractivity contribution < 1.29 is 9.53 Å². The number of methoxy groups -OCH3 is 1. The maximum atomic E-state index is 12.5. The Bertz CT molecular complexity index is 1500. The standard InChI is InChI=1S/C26H22BrN5O2/c1-34-21-8-9-24-23(12-21)19(16-32(24)15-17-4-6-20(27)7-5-17)14-30-31-25(33)11-18-13-29-26-22(18)3-2-10-28-26/h2-10,12-14,16H,11,15H2,1H3,(H,28,29)(H,31,33)/b30-14+. The van der Waals surface area contributed by atoms with Crippen LogP contribution in [-0.2, 0) is 17.8 Å². The number of halogens is 1. The summed E-state index contributed by atoms with van der Waals surface area (Å²) in [6, 6.07) is 18.0. The summed E-state index contributed by atoms with van der Waals surface area (Å²) in [6.07, 6.45) is 7.45. The number of aromatic amines is 1. The van der Waals surface area contributed by atoms with Crippen molar-refractivity contribution in [2.75, 3.05) is 7.11 Å². The van der Waals surface area contributed by atoms with E-state index in [2.05, 4.69) is 53.1 Å². The molecule has 2 aromatic carbocycles. The van der Waals surface area contributed by atoms with E-state index in [0.717, 1.165) is 43.3 Å². The molecule has 3 heterocycles. The first-order valence-electron chi connectivity index (χ1n) is 10.7. The van der Waals surface area contributed by atoms with Crippen LogP contribution in [0.1, 0.15) is 16.7 Å². The Hall–Kier alpha value is -3.91. The van der Waals surface area contributed by atoms with Gasteiger partial charge < -0.3 is 14.3 Å². The highest BCUT2D eigenvalue weighted by molar-refractivity contribution is 9.10. The van der Waals surface area contributed by atoms with Gasteiger partial charge in [0.15, 0.2) is 0 Å². The fourth-order valence-electron chi connectivity index (χ4n) is 4.00. The number of hydrogen-bond acceptors (Lipinski definition) is 4. The van der Waals surface area contributed by atoms with Crippen LogP contribution in [0.4, 0.5) is 0 Å². The molecule has 0 spiro atoms. The van der Waals surface area contributed by atoms with Gasteiger partial charge in [-0.25, -0.2) is 10.4 Å². The molecule has 0 aliphatic heterocycles. The minimum Gasteiger partial charge on any atom is -0.497 e. The molecular weight excluding hydrogens is 494 g/mol. The van der Waals surface area contributed by atoms with Crippen molar-refractivity contribution >= 4 is 50.0 Å². The summed E-state index contributed by atoms with van der Waals surface area (Å²) in [7, 11) is 1.65. The Labute approximate surface area is 204 Å². The number of fused-ring (bicyclic) bond motifs is 2. The molecular formula is C26H22BrN5O2. The fraction of sp³-hybridized carbons (Fsp3) is 0.115. The zero-order chi connectivity index (χ0) is 23.5. The number of nitrogens with zero attached hydrogens (tertiary/aromatic N) is 3. The zero-order valence-electron chi connectivity index (χ0n) is 18.5. The van der Waals surface area contributed by atoms with Gasteiger partial charge in [0, 0.05) is 51.5 Å². The van der Waals surface area contributed by atoms with Crippen LogP contribution in [0.25, 0.3) is 21.9 Å². The van der Waals surface area contributed by atoms with Gasteiger partial charge in [0.25, 0.3) is 0 Å². The molecule has 0 saturated carbocycles. The van der Waals surface area contributed by atoms with E-state index >= 15 is 0 Å². The van der Waals surface area contributed by atoms with Crippen LogP contribution in [0.3, 0.4) is 0 Å². The second kappa shape index (κ2) is 9.52. The normalized spacial score (nSPS) is 11.5. The van der Waals surface area contributed by atoms with Crippen molar-refractivity contribution in [2.24, 2.45) is 5.10 Å². The Morgan fingerprint density at radius 1 is 1.21 bits per heavy atom. The quantitative estimate of drug-likeness (QED) is 0.235. The first-order chi connectivity index (χ1) is 16.6. The largest absolute Gasteiger partial charge is 0.497 e. The summed E-state index contributed by atoms with van der Waals surface area (Å²) < 4.78 is 8.63. The van der Waals surface area contributed by atoms with Crippen molar-refractivity contribution in [3.05, 3.63) is 94.4 Å². The van der Waals surface area contributed by atoms with Gasteiger partial charge in [0.2, 0.25) is 5.91 Å². The number of amides is 1. The van der Waals surface area contributed by atoms with Gasteiger partial charge in [-0.2, -0.15) is 5.10 Å². The summed E-state index contributed by atoms with van der Waals surface area (Å²) in [4.78, 5) is 19.8. The number of aromatic nitrogens is 3. The maximum absolute atomic E-state index is 12.5. The Morgan fingerprint density at radius 2 is 2.06 bits per heavy atom. The van der Waals surface area contributed by atoms with Crippen molar-refractivity contribution in [3.63, 3.8) is 0 Å². The molecule has 170 valence electrons. The van der Waals surface area contributed by atoms with E-state index in [0.29, 0.717) is 6.54 Å². The lowest BCUT2D eigenvalue weighted by Crippen LogP contribution is -2.19. The molecule has 0 fully saturated rings. The first kappa shape index (κ1) is 21.9. The Morgan fingerprint density at radius 3 is 2.88 bits per heavy atom. The highest BCUT2D eigenvalue weighted by Crippen LogP contribution is 2.26. The lowest BCUT2D eigenvalue weighted by atomic mass is 10.1. The van der Waals surface area contributed by atoms with E-state index in [1.54, 1.807) is 19.5 Å². The number of pyridine rings is 1. The number of rotatable bonds is 7. The van der Waals surface area contributed by atoms with E-state index in [-0.39, 0.29) is 12.3 Å². The molecule has 2 N–H and O–H groups in total. The van der Waals surface area contributed by atoms with Gasteiger partial charge in [-0.3, -0.25) is 4.79 Å². The van der Waals surface area contributed by atoms with Gasteiger partial charge in [-0.1, -0.05) is 28.1 Å². The molecule has 5 rings (SSSR count). The van der Waals surface area contributed by atoms with Crippen molar-refractivity contribution in [3.8, 4) is 5.75 Å². The van der Waals surface area contributed by atoms with Crippen LogP contribution >= 0.6 is 15.9 Å². The molecule has 0 atom stereocenters. The summed E-state index contributed by atoms with van der Waals surface area (Å²) >= 11 is 3.48. The number of H-pyrrole nitrogens is 1. The van der Waals surface area contributed by atoms with Gasteiger partial charge in [-0.05, 0) is 53.6 Å². The SMILES string of the molecule is COc1ccc2c(c1)c(/C=N/NC(=O)Cc1c[nH]c3ncccc13)cn2Cc1ccc(Br)cc1. The molecule has 0 saturated heterocycles. The van der Waals surface area contributed by atoms with Gasteiger partial charge in [0.05, 0.1) is 19.7 Å². The second-order valence-electron chi connectivity index (χ2n) is 7.91. The van der Waals surface area contributed by atoms with Crippen LogP contribution < -0.4 is 10.2 Å². The number of nitrogens with one attached hydrogen (secondary N) is 2. The molecule has 0 bridgehead atoms. The number of hydrazone groups is 1.